The van der Waals surface area contributed by atoms with Crippen LogP contribution in [0.4, 0.5) is 18.0 Å². The molecule has 3 rings (SSSR count). The number of benzene rings is 1. The largest absolute Gasteiger partial charge is 0.405 e. The van der Waals surface area contributed by atoms with Gasteiger partial charge in [0.15, 0.2) is 0 Å². The number of fused-ring (bicyclic) bond motifs is 3. The summed E-state index contributed by atoms with van der Waals surface area (Å²) in [5, 5.41) is 3.05. The maximum absolute atomic E-state index is 12.2. The minimum absolute atomic E-state index is 0.288. The minimum atomic E-state index is -4.40. The van der Waals surface area contributed by atoms with Crippen LogP contribution in [0.3, 0.4) is 0 Å². The van der Waals surface area contributed by atoms with Crippen LogP contribution in [0.2, 0.25) is 0 Å². The smallest absolute Gasteiger partial charge is 0.356 e. The molecule has 0 aliphatic carbocycles. The summed E-state index contributed by atoms with van der Waals surface area (Å²) in [5.41, 5.74) is 3.02. The summed E-state index contributed by atoms with van der Waals surface area (Å²) in [6, 6.07) is 6.86. The van der Waals surface area contributed by atoms with Gasteiger partial charge in [-0.15, -0.1) is 0 Å². The van der Waals surface area contributed by atoms with Crippen LogP contribution in [0.1, 0.15) is 24.2 Å². The van der Waals surface area contributed by atoms with E-state index in [0.29, 0.717) is 13.0 Å². The van der Waals surface area contributed by atoms with Gasteiger partial charge in [0.25, 0.3) is 0 Å². The van der Waals surface area contributed by atoms with Crippen LogP contribution in [0, 0.1) is 0 Å². The summed E-state index contributed by atoms with van der Waals surface area (Å²) in [4.78, 5) is 16.7. The molecule has 1 atom stereocenters. The number of halogens is 3. The second-order valence-electron chi connectivity index (χ2n) is 5.46. The molecule has 0 bridgehead atoms. The molecule has 0 radical (unpaired) electrons. The number of rotatable bonds is 1. The Morgan fingerprint density at radius 1 is 1.41 bits per heavy atom. The van der Waals surface area contributed by atoms with Crippen LogP contribution in [0.15, 0.2) is 24.3 Å². The normalized spacial score (nSPS) is 18.4. The lowest BCUT2D eigenvalue weighted by molar-refractivity contribution is -0.123. The SMILES string of the molecule is C[C@@H]1c2[nH]c3ccccc3c2CCN1C(=O)NCC(F)(F)F. The molecule has 2 aromatic rings. The monoisotopic (exact) mass is 311 g/mol. The van der Waals surface area contributed by atoms with Crippen molar-refractivity contribution in [3.8, 4) is 0 Å². The molecule has 1 aromatic carbocycles. The van der Waals surface area contributed by atoms with Gasteiger partial charge in [-0.25, -0.2) is 4.79 Å². The van der Waals surface area contributed by atoms with Crippen molar-refractivity contribution in [2.24, 2.45) is 0 Å². The number of amides is 2. The number of hydrogen-bond donors (Lipinski definition) is 2. The minimum Gasteiger partial charge on any atom is -0.356 e. The molecule has 2 heterocycles. The predicted molar refractivity (Wildman–Crippen MR) is 76.6 cm³/mol. The molecule has 22 heavy (non-hydrogen) atoms. The fourth-order valence-electron chi connectivity index (χ4n) is 2.98. The Balaban J connectivity index is 1.82. The topological polar surface area (TPSA) is 48.1 Å². The van der Waals surface area contributed by atoms with Gasteiger partial charge in [-0.1, -0.05) is 18.2 Å². The number of carbonyl (C=O) groups excluding carboxylic acids is 1. The Morgan fingerprint density at radius 3 is 2.86 bits per heavy atom. The predicted octanol–water partition coefficient (Wildman–Crippen LogP) is 3.36. The number of para-hydroxylation sites is 1. The Morgan fingerprint density at radius 2 is 2.14 bits per heavy atom. The molecule has 0 saturated heterocycles. The van der Waals surface area contributed by atoms with Crippen molar-refractivity contribution in [1.82, 2.24) is 15.2 Å². The van der Waals surface area contributed by atoms with Gasteiger partial charge in [-0.3, -0.25) is 0 Å². The summed E-state index contributed by atoms with van der Waals surface area (Å²) in [7, 11) is 0. The van der Waals surface area contributed by atoms with Crippen LogP contribution < -0.4 is 5.32 Å². The van der Waals surface area contributed by atoms with Gasteiger partial charge in [0.05, 0.1) is 6.04 Å². The van der Waals surface area contributed by atoms with Crippen LogP contribution in [0.5, 0.6) is 0 Å². The molecule has 1 aliphatic heterocycles. The summed E-state index contributed by atoms with van der Waals surface area (Å²) < 4.78 is 36.7. The zero-order chi connectivity index (χ0) is 15.9. The number of hydrogen-bond acceptors (Lipinski definition) is 1. The van der Waals surface area contributed by atoms with E-state index in [1.54, 1.807) is 0 Å². The third-order valence-electron chi connectivity index (χ3n) is 4.04. The average molecular weight is 311 g/mol. The van der Waals surface area contributed by atoms with Gasteiger partial charge < -0.3 is 15.2 Å². The molecule has 1 aromatic heterocycles. The van der Waals surface area contributed by atoms with Crippen LogP contribution >= 0.6 is 0 Å². The average Bonchev–Trinajstić information content (AvgIpc) is 2.84. The van der Waals surface area contributed by atoms with Gasteiger partial charge in [0.2, 0.25) is 0 Å². The molecule has 0 unspecified atom stereocenters. The van der Waals surface area contributed by atoms with Crippen LogP contribution in [0.25, 0.3) is 10.9 Å². The van der Waals surface area contributed by atoms with Crippen molar-refractivity contribution in [3.05, 3.63) is 35.5 Å². The number of nitrogens with one attached hydrogen (secondary N) is 2. The quantitative estimate of drug-likeness (QED) is 0.833. The maximum atomic E-state index is 12.2. The van der Waals surface area contributed by atoms with Crippen molar-refractivity contribution < 1.29 is 18.0 Å². The zero-order valence-corrected chi connectivity index (χ0v) is 12.0. The first-order chi connectivity index (χ1) is 10.4. The third kappa shape index (κ3) is 2.63. The zero-order valence-electron chi connectivity index (χ0n) is 12.0. The number of H-pyrrole nitrogens is 1. The van der Waals surface area contributed by atoms with E-state index >= 15 is 0 Å². The highest BCUT2D eigenvalue weighted by Crippen LogP contribution is 2.34. The van der Waals surface area contributed by atoms with E-state index in [2.05, 4.69) is 4.98 Å². The second kappa shape index (κ2) is 5.23. The van der Waals surface area contributed by atoms with E-state index in [4.69, 9.17) is 0 Å². The highest BCUT2D eigenvalue weighted by molar-refractivity contribution is 5.86. The molecule has 2 amide bonds. The Bertz CT molecular complexity index is 708. The molecular weight excluding hydrogens is 295 g/mol. The Labute approximate surface area is 125 Å². The fraction of sp³-hybridized carbons (Fsp3) is 0.400. The first-order valence-corrected chi connectivity index (χ1v) is 7.07. The van der Waals surface area contributed by atoms with E-state index in [1.165, 1.54) is 4.90 Å². The van der Waals surface area contributed by atoms with Crippen molar-refractivity contribution in [1.29, 1.82) is 0 Å². The van der Waals surface area contributed by atoms with Crippen molar-refractivity contribution in [2.45, 2.75) is 25.6 Å². The molecule has 4 nitrogen and oxygen atoms in total. The van der Waals surface area contributed by atoms with E-state index in [1.807, 2.05) is 36.5 Å². The summed E-state index contributed by atoms with van der Waals surface area (Å²) >= 11 is 0. The highest BCUT2D eigenvalue weighted by Gasteiger charge is 2.33. The summed E-state index contributed by atoms with van der Waals surface area (Å²) in [5.74, 6) is 0. The molecular formula is C15H16F3N3O. The van der Waals surface area contributed by atoms with E-state index in [0.717, 1.165) is 22.2 Å². The lowest BCUT2D eigenvalue weighted by Crippen LogP contribution is -2.47. The molecule has 1 aliphatic rings. The number of aromatic nitrogens is 1. The standard InChI is InChI=1S/C15H16F3N3O/c1-9-13-11(10-4-2-3-5-12(10)20-13)6-7-21(9)14(22)19-8-15(16,17)18/h2-5,9,20H,6-8H2,1H3,(H,19,22)/t9-/m1/s1. The molecule has 118 valence electrons. The van der Waals surface area contributed by atoms with Crippen molar-refractivity contribution in [3.63, 3.8) is 0 Å². The molecule has 0 spiro atoms. The van der Waals surface area contributed by atoms with Crippen LogP contribution in [-0.2, 0) is 6.42 Å². The van der Waals surface area contributed by atoms with E-state index in [-0.39, 0.29) is 6.04 Å². The maximum Gasteiger partial charge on any atom is 0.405 e. The summed E-state index contributed by atoms with van der Waals surface area (Å²) in [6.07, 6.45) is -3.77. The number of nitrogens with zero attached hydrogens (tertiary/aromatic N) is 1. The third-order valence-corrected chi connectivity index (χ3v) is 4.04. The number of carbonyl (C=O) groups is 1. The van der Waals surface area contributed by atoms with Crippen LogP contribution in [-0.4, -0.2) is 35.2 Å². The molecule has 0 fully saturated rings. The van der Waals surface area contributed by atoms with Gasteiger partial charge in [-0.05, 0) is 25.0 Å². The van der Waals surface area contributed by atoms with E-state index < -0.39 is 18.8 Å². The fourth-order valence-corrected chi connectivity index (χ4v) is 2.98. The highest BCUT2D eigenvalue weighted by atomic mass is 19.4. The molecule has 2 N–H and O–H groups in total. The molecule has 7 heteroatoms. The van der Waals surface area contributed by atoms with Crippen molar-refractivity contribution in [2.75, 3.05) is 13.1 Å². The second-order valence-corrected chi connectivity index (χ2v) is 5.46. The number of alkyl halides is 3. The lowest BCUT2D eigenvalue weighted by atomic mass is 9.98. The van der Waals surface area contributed by atoms with Gasteiger partial charge in [-0.2, -0.15) is 13.2 Å². The Kier molecular flexibility index (Phi) is 3.50. The number of urea groups is 1. The number of aromatic amines is 1. The lowest BCUT2D eigenvalue weighted by Gasteiger charge is -2.33. The summed E-state index contributed by atoms with van der Waals surface area (Å²) in [6.45, 7) is 0.912. The first-order valence-electron chi connectivity index (χ1n) is 7.07. The van der Waals surface area contributed by atoms with Crippen molar-refractivity contribution >= 4 is 16.9 Å². The Hall–Kier alpha value is -2.18. The molecule has 0 saturated carbocycles. The van der Waals surface area contributed by atoms with Gasteiger partial charge in [0.1, 0.15) is 6.54 Å². The van der Waals surface area contributed by atoms with Gasteiger partial charge in [0, 0.05) is 23.1 Å². The van der Waals surface area contributed by atoms with Gasteiger partial charge >= 0.3 is 12.2 Å². The first kappa shape index (κ1) is 14.7. The van der Waals surface area contributed by atoms with E-state index in [9.17, 15) is 18.0 Å².